The van der Waals surface area contributed by atoms with Gasteiger partial charge in [0.05, 0.1) is 27.2 Å². The SMILES string of the molecule is C[NH+](C)CCC[NH3+].O=P([O-])([O-])[O-]. The largest absolute Gasteiger partial charge is 0.822 e. The average molecular weight is 199 g/mol. The van der Waals surface area contributed by atoms with Crippen LogP contribution < -0.4 is 25.3 Å². The minimum atomic E-state index is -5.39. The van der Waals surface area contributed by atoms with Gasteiger partial charge in [0.15, 0.2) is 0 Å². The van der Waals surface area contributed by atoms with Crippen LogP contribution in [0, 0.1) is 0 Å². The van der Waals surface area contributed by atoms with Gasteiger partial charge in [-0.25, -0.2) is 0 Å². The van der Waals surface area contributed by atoms with Crippen LogP contribution in [0.25, 0.3) is 0 Å². The number of hydrogen-bond donors (Lipinski definition) is 2. The van der Waals surface area contributed by atoms with Crippen LogP contribution in [-0.4, -0.2) is 27.2 Å². The molecule has 0 aliphatic heterocycles. The summed E-state index contributed by atoms with van der Waals surface area (Å²) in [5.41, 5.74) is 3.74. The van der Waals surface area contributed by atoms with Gasteiger partial charge in [-0.05, 0) is 0 Å². The molecule has 0 aromatic rings. The summed E-state index contributed by atoms with van der Waals surface area (Å²) in [6.45, 7) is 2.33. The second-order valence-electron chi connectivity index (χ2n) is 2.61. The molecule has 0 atom stereocenters. The normalized spacial score (nSPS) is 10.9. The van der Waals surface area contributed by atoms with Crippen LogP contribution in [0.1, 0.15) is 6.42 Å². The third-order valence-electron chi connectivity index (χ3n) is 0.927. The first-order valence-electron chi connectivity index (χ1n) is 3.58. The average Bonchev–Trinajstić information content (AvgIpc) is 1.79. The van der Waals surface area contributed by atoms with E-state index in [-0.39, 0.29) is 0 Å². The van der Waals surface area contributed by atoms with Crippen LogP contribution in [0.2, 0.25) is 0 Å². The lowest BCUT2D eigenvalue weighted by Gasteiger charge is -2.36. The topological polar surface area (TPSA) is 118 Å². The second kappa shape index (κ2) is 7.67. The van der Waals surface area contributed by atoms with Gasteiger partial charge in [-0.1, -0.05) is 0 Å². The van der Waals surface area contributed by atoms with Crippen molar-refractivity contribution in [3.63, 3.8) is 0 Å². The molecule has 0 fully saturated rings. The molecule has 0 aromatic heterocycles. The van der Waals surface area contributed by atoms with Crippen molar-refractivity contribution in [1.82, 2.24) is 0 Å². The molecule has 6 nitrogen and oxygen atoms in total. The van der Waals surface area contributed by atoms with Gasteiger partial charge in [0.2, 0.25) is 0 Å². The summed E-state index contributed by atoms with van der Waals surface area (Å²) >= 11 is 0. The molecule has 0 bridgehead atoms. The van der Waals surface area contributed by atoms with Crippen LogP contribution in [0.4, 0.5) is 0 Å². The van der Waals surface area contributed by atoms with Crippen molar-refractivity contribution < 1.29 is 29.9 Å². The van der Waals surface area contributed by atoms with Gasteiger partial charge in [0.25, 0.3) is 0 Å². The van der Waals surface area contributed by atoms with Crippen LogP contribution in [0.3, 0.4) is 0 Å². The van der Waals surface area contributed by atoms with Crippen molar-refractivity contribution in [2.75, 3.05) is 27.2 Å². The van der Waals surface area contributed by atoms with Crippen LogP contribution >= 0.6 is 7.82 Å². The minimum absolute atomic E-state index is 1.07. The Balaban J connectivity index is 0. The summed E-state index contributed by atoms with van der Waals surface area (Å²) in [6, 6.07) is 0. The molecule has 12 heavy (non-hydrogen) atoms. The zero-order valence-electron chi connectivity index (χ0n) is 7.41. The van der Waals surface area contributed by atoms with E-state index in [1.54, 1.807) is 0 Å². The van der Waals surface area contributed by atoms with E-state index in [1.165, 1.54) is 17.9 Å². The first-order chi connectivity index (χ1) is 5.27. The fourth-order valence-electron chi connectivity index (χ4n) is 0.479. The Morgan fingerprint density at radius 2 is 1.67 bits per heavy atom. The van der Waals surface area contributed by atoms with Gasteiger partial charge in [0, 0.05) is 6.42 Å². The summed E-state index contributed by atoms with van der Waals surface area (Å²) in [6.07, 6.45) is 1.25. The number of nitrogens with one attached hydrogen (secondary N) is 1. The van der Waals surface area contributed by atoms with Crippen LogP contribution in [-0.2, 0) is 4.57 Å². The van der Waals surface area contributed by atoms with E-state index in [0.29, 0.717) is 0 Å². The summed E-state index contributed by atoms with van der Waals surface area (Å²) in [5, 5.41) is 0. The lowest BCUT2D eigenvalue weighted by molar-refractivity contribution is -0.859. The maximum atomic E-state index is 8.55. The van der Waals surface area contributed by atoms with E-state index < -0.39 is 7.82 Å². The summed E-state index contributed by atoms with van der Waals surface area (Å²) < 4.78 is 8.55. The molecule has 0 spiro atoms. The molecule has 0 saturated heterocycles. The first kappa shape index (κ1) is 14.5. The highest BCUT2D eigenvalue weighted by molar-refractivity contribution is 7.40. The second-order valence-corrected chi connectivity index (χ2v) is 3.51. The van der Waals surface area contributed by atoms with E-state index in [1.807, 2.05) is 0 Å². The predicted octanol–water partition coefficient (Wildman–Crippen LogP) is -5.06. The number of hydrogen-bond acceptors (Lipinski definition) is 4. The molecule has 0 aliphatic rings. The zero-order chi connectivity index (χ0) is 10.2. The lowest BCUT2D eigenvalue weighted by atomic mass is 10.4. The molecule has 0 aliphatic carbocycles. The number of phosphoric acid groups is 1. The molecular weight excluding hydrogens is 183 g/mol. The Morgan fingerprint density at radius 3 is 1.75 bits per heavy atom. The summed E-state index contributed by atoms with van der Waals surface area (Å²) in [5.74, 6) is 0. The van der Waals surface area contributed by atoms with Crippen LogP contribution in [0.15, 0.2) is 0 Å². The van der Waals surface area contributed by atoms with E-state index >= 15 is 0 Å². The molecule has 0 heterocycles. The third-order valence-corrected chi connectivity index (χ3v) is 0.927. The zero-order valence-corrected chi connectivity index (χ0v) is 8.30. The molecule has 76 valence electrons. The maximum Gasteiger partial charge on any atom is 0.0821 e. The van der Waals surface area contributed by atoms with Crippen molar-refractivity contribution >= 4 is 7.82 Å². The van der Waals surface area contributed by atoms with Crippen molar-refractivity contribution in [3.8, 4) is 0 Å². The fourth-order valence-corrected chi connectivity index (χ4v) is 0.479. The van der Waals surface area contributed by atoms with Gasteiger partial charge < -0.3 is 29.9 Å². The Kier molecular flexibility index (Phi) is 9.30. The van der Waals surface area contributed by atoms with E-state index in [4.69, 9.17) is 19.2 Å². The number of rotatable bonds is 3. The molecule has 4 N–H and O–H groups in total. The molecule has 0 amide bonds. The highest BCUT2D eigenvalue weighted by Crippen LogP contribution is 2.03. The van der Waals surface area contributed by atoms with E-state index in [9.17, 15) is 0 Å². The van der Waals surface area contributed by atoms with Gasteiger partial charge in [-0.3, -0.25) is 0 Å². The third kappa shape index (κ3) is 50.4. The van der Waals surface area contributed by atoms with Gasteiger partial charge in [-0.2, -0.15) is 7.82 Å². The van der Waals surface area contributed by atoms with E-state index in [2.05, 4.69) is 19.8 Å². The Hall–Kier alpha value is 0.0300. The van der Waals surface area contributed by atoms with Gasteiger partial charge in [-0.15, -0.1) is 0 Å². The highest BCUT2D eigenvalue weighted by atomic mass is 31.2. The Bertz CT molecular complexity index is 127. The molecule has 0 rings (SSSR count). The standard InChI is InChI=1S/C5H14N2.H3O4P/c1-7(2)5-3-4-6;1-5(2,3)4/h3-6H2,1-2H3;(H3,1,2,3,4)/p-1. The van der Waals surface area contributed by atoms with Crippen LogP contribution in [0.5, 0.6) is 0 Å². The monoisotopic (exact) mass is 199 g/mol. The highest BCUT2D eigenvalue weighted by Gasteiger charge is 1.89. The summed E-state index contributed by atoms with van der Waals surface area (Å²) in [7, 11) is -1.06. The van der Waals surface area contributed by atoms with E-state index in [0.717, 1.165) is 6.54 Å². The maximum absolute atomic E-state index is 8.55. The van der Waals surface area contributed by atoms with Crippen molar-refractivity contribution in [2.24, 2.45) is 0 Å². The fraction of sp³-hybridized carbons (Fsp3) is 1.00. The summed E-state index contributed by atoms with van der Waals surface area (Å²) in [4.78, 5) is 27.2. The Morgan fingerprint density at radius 1 is 1.33 bits per heavy atom. The van der Waals surface area contributed by atoms with Crippen molar-refractivity contribution in [2.45, 2.75) is 6.42 Å². The quantitative estimate of drug-likeness (QED) is 0.442. The molecule has 0 radical (unpaired) electrons. The lowest BCUT2D eigenvalue weighted by Crippen LogP contribution is -3.05. The van der Waals surface area contributed by atoms with Crippen molar-refractivity contribution in [3.05, 3.63) is 0 Å². The first-order valence-corrected chi connectivity index (χ1v) is 5.04. The van der Waals surface area contributed by atoms with Gasteiger partial charge >= 0.3 is 0 Å². The predicted molar refractivity (Wildman–Crippen MR) is 37.7 cm³/mol. The number of quaternary nitrogens is 2. The van der Waals surface area contributed by atoms with Crippen molar-refractivity contribution in [1.29, 1.82) is 0 Å². The Labute approximate surface area is 72.2 Å². The molecule has 0 saturated carbocycles. The van der Waals surface area contributed by atoms with Gasteiger partial charge in [0.1, 0.15) is 0 Å². The molecule has 7 heteroatoms. The molecule has 0 aromatic carbocycles. The minimum Gasteiger partial charge on any atom is -0.822 e. The molecular formula is C5H16N2O4P-. The molecule has 0 unspecified atom stereocenters. The smallest absolute Gasteiger partial charge is 0.0821 e.